The minimum Gasteiger partial charge on any atom is -0.333 e. The molecule has 0 spiro atoms. The van der Waals surface area contributed by atoms with Gasteiger partial charge in [-0.25, -0.2) is 0 Å². The van der Waals surface area contributed by atoms with Crippen LogP contribution in [0, 0.1) is 4.77 Å². The number of thiol groups is 1. The third kappa shape index (κ3) is 1.99. The van der Waals surface area contributed by atoms with Gasteiger partial charge in [0.05, 0.1) is 10.7 Å². The molecule has 1 aliphatic rings. The van der Waals surface area contributed by atoms with Gasteiger partial charge in [0, 0.05) is 5.92 Å². The molecule has 0 aliphatic heterocycles. The monoisotopic (exact) mass is 214 g/mol. The second-order valence-corrected chi connectivity index (χ2v) is 4.53. The van der Waals surface area contributed by atoms with Crippen LogP contribution in [0.2, 0.25) is 0 Å². The third-order valence-corrected chi connectivity index (χ3v) is 3.31. The highest BCUT2D eigenvalue weighted by Crippen LogP contribution is 2.33. The fraction of sp³-hybridized carbons (Fsp3) is 0.667. The topological polar surface area (TPSA) is 31.6 Å². The zero-order valence-corrected chi connectivity index (χ0v) is 9.18. The summed E-state index contributed by atoms with van der Waals surface area (Å²) < 4.78 is 0.700. The van der Waals surface area contributed by atoms with Crippen LogP contribution < -0.4 is 0 Å². The first kappa shape index (κ1) is 9.34. The molecular formula is C9H14N2S2. The van der Waals surface area contributed by atoms with Crippen LogP contribution in [0.15, 0.2) is 5.03 Å². The molecule has 0 unspecified atom stereocenters. The fourth-order valence-corrected chi connectivity index (χ4v) is 2.71. The van der Waals surface area contributed by atoms with E-state index in [0.717, 1.165) is 5.03 Å². The first-order valence-electron chi connectivity index (χ1n) is 4.78. The van der Waals surface area contributed by atoms with Gasteiger partial charge in [0.1, 0.15) is 0 Å². The Balaban J connectivity index is 2.23. The van der Waals surface area contributed by atoms with Gasteiger partial charge in [0.2, 0.25) is 0 Å². The minimum absolute atomic E-state index is 0.647. The average molecular weight is 214 g/mol. The highest BCUT2D eigenvalue weighted by Gasteiger charge is 2.18. The zero-order chi connectivity index (χ0) is 9.26. The van der Waals surface area contributed by atoms with Gasteiger partial charge in [0.25, 0.3) is 0 Å². The van der Waals surface area contributed by atoms with E-state index in [1.165, 1.54) is 37.8 Å². The molecule has 0 aromatic carbocycles. The maximum Gasteiger partial charge on any atom is 0.175 e. The van der Waals surface area contributed by atoms with Crippen molar-refractivity contribution in [1.82, 2.24) is 9.97 Å². The molecule has 0 amide bonds. The summed E-state index contributed by atoms with van der Waals surface area (Å²) in [6.07, 6.45) is 6.60. The van der Waals surface area contributed by atoms with Crippen LogP contribution in [0.5, 0.6) is 0 Å². The maximum absolute atomic E-state index is 5.03. The number of rotatable bonds is 1. The molecule has 2 nitrogen and oxygen atoms in total. The molecule has 1 aromatic heterocycles. The molecule has 1 saturated carbocycles. The number of hydrogen-bond donors (Lipinski definition) is 3. The molecule has 1 aromatic rings. The van der Waals surface area contributed by atoms with Crippen molar-refractivity contribution < 1.29 is 0 Å². The number of H-pyrrole nitrogens is 2. The molecule has 2 N–H and O–H groups in total. The van der Waals surface area contributed by atoms with Crippen molar-refractivity contribution in [1.29, 1.82) is 0 Å². The van der Waals surface area contributed by atoms with E-state index in [1.807, 2.05) is 0 Å². The lowest BCUT2D eigenvalue weighted by molar-refractivity contribution is 0.433. The molecular weight excluding hydrogens is 200 g/mol. The van der Waals surface area contributed by atoms with Gasteiger partial charge in [-0.3, -0.25) is 0 Å². The fourth-order valence-electron chi connectivity index (χ4n) is 2.07. The molecule has 72 valence electrons. The summed E-state index contributed by atoms with van der Waals surface area (Å²) in [6, 6.07) is 0. The Morgan fingerprint density at radius 3 is 2.38 bits per heavy atom. The van der Waals surface area contributed by atoms with E-state index in [9.17, 15) is 0 Å². The summed E-state index contributed by atoms with van der Waals surface area (Å²) in [5, 5.41) is 0.928. The molecule has 4 heteroatoms. The Hall–Kier alpha value is -0.220. The van der Waals surface area contributed by atoms with Gasteiger partial charge in [-0.05, 0) is 25.1 Å². The number of imidazole rings is 1. The van der Waals surface area contributed by atoms with Gasteiger partial charge < -0.3 is 9.97 Å². The van der Waals surface area contributed by atoms with Crippen LogP contribution in [-0.2, 0) is 0 Å². The first-order valence-corrected chi connectivity index (χ1v) is 5.64. The van der Waals surface area contributed by atoms with Crippen LogP contribution in [0.1, 0.15) is 43.7 Å². The van der Waals surface area contributed by atoms with E-state index in [2.05, 4.69) is 22.6 Å². The summed E-state index contributed by atoms with van der Waals surface area (Å²) in [5.41, 5.74) is 1.22. The van der Waals surface area contributed by atoms with Gasteiger partial charge in [-0.2, -0.15) is 0 Å². The largest absolute Gasteiger partial charge is 0.333 e. The van der Waals surface area contributed by atoms with Crippen LogP contribution >= 0.6 is 24.8 Å². The van der Waals surface area contributed by atoms with Gasteiger partial charge in [-0.15, -0.1) is 12.6 Å². The standard InChI is InChI=1S/C9H14N2S2/c12-8-7(10-9(13)11-8)6-4-2-1-3-5-6/h6,12H,1-5H2,(H2,10,11,13). The quantitative estimate of drug-likeness (QED) is 0.486. The number of nitrogens with one attached hydrogen (secondary N) is 2. The number of aromatic nitrogens is 2. The summed E-state index contributed by atoms with van der Waals surface area (Å²) in [5.74, 6) is 0.647. The van der Waals surface area contributed by atoms with E-state index in [0.29, 0.717) is 10.7 Å². The van der Waals surface area contributed by atoms with E-state index in [1.54, 1.807) is 0 Å². The average Bonchev–Trinajstić information content (AvgIpc) is 2.47. The van der Waals surface area contributed by atoms with Crippen molar-refractivity contribution in [3.8, 4) is 0 Å². The first-order chi connectivity index (χ1) is 6.27. The Morgan fingerprint density at radius 2 is 1.85 bits per heavy atom. The molecule has 0 saturated heterocycles. The summed E-state index contributed by atoms with van der Waals surface area (Å²) in [6.45, 7) is 0. The van der Waals surface area contributed by atoms with Crippen molar-refractivity contribution in [2.75, 3.05) is 0 Å². The van der Waals surface area contributed by atoms with Crippen LogP contribution in [0.25, 0.3) is 0 Å². The summed E-state index contributed by atoms with van der Waals surface area (Å²) in [7, 11) is 0. The number of aromatic amines is 2. The lowest BCUT2D eigenvalue weighted by Gasteiger charge is -2.20. The van der Waals surface area contributed by atoms with E-state index < -0.39 is 0 Å². The van der Waals surface area contributed by atoms with Crippen LogP contribution in [0.4, 0.5) is 0 Å². The normalized spacial score (nSPS) is 19.2. The van der Waals surface area contributed by atoms with E-state index >= 15 is 0 Å². The highest BCUT2D eigenvalue weighted by atomic mass is 32.1. The molecule has 13 heavy (non-hydrogen) atoms. The Labute approximate surface area is 88.6 Å². The maximum atomic E-state index is 5.03. The van der Waals surface area contributed by atoms with Crippen molar-refractivity contribution >= 4 is 24.8 Å². The smallest absolute Gasteiger partial charge is 0.175 e. The molecule has 2 rings (SSSR count). The Kier molecular flexibility index (Phi) is 2.79. The Bertz CT molecular complexity index is 334. The number of hydrogen-bond acceptors (Lipinski definition) is 2. The zero-order valence-electron chi connectivity index (χ0n) is 7.47. The molecule has 1 fully saturated rings. The second kappa shape index (κ2) is 3.88. The molecule has 1 heterocycles. The van der Waals surface area contributed by atoms with Crippen molar-refractivity contribution in [3.05, 3.63) is 10.5 Å². The predicted octanol–water partition coefficient (Wildman–Crippen LogP) is 3.41. The van der Waals surface area contributed by atoms with E-state index in [-0.39, 0.29) is 0 Å². The lowest BCUT2D eigenvalue weighted by Crippen LogP contribution is -2.05. The second-order valence-electron chi connectivity index (χ2n) is 3.68. The van der Waals surface area contributed by atoms with Crippen molar-refractivity contribution in [2.45, 2.75) is 43.0 Å². The molecule has 1 aliphatic carbocycles. The summed E-state index contributed by atoms with van der Waals surface area (Å²) >= 11 is 9.41. The van der Waals surface area contributed by atoms with Crippen molar-refractivity contribution in [2.24, 2.45) is 0 Å². The third-order valence-electron chi connectivity index (χ3n) is 2.75. The summed E-state index contributed by atoms with van der Waals surface area (Å²) in [4.78, 5) is 6.23. The SMILES string of the molecule is S=c1[nH]c(S)c(C2CCCCC2)[nH]1. The van der Waals surface area contributed by atoms with Gasteiger partial charge >= 0.3 is 0 Å². The predicted molar refractivity (Wildman–Crippen MR) is 59.1 cm³/mol. The molecule has 0 radical (unpaired) electrons. The molecule has 0 atom stereocenters. The lowest BCUT2D eigenvalue weighted by atomic mass is 9.87. The van der Waals surface area contributed by atoms with Crippen LogP contribution in [0.3, 0.4) is 0 Å². The highest BCUT2D eigenvalue weighted by molar-refractivity contribution is 7.80. The molecule has 0 bridgehead atoms. The minimum atomic E-state index is 0.647. The van der Waals surface area contributed by atoms with Crippen molar-refractivity contribution in [3.63, 3.8) is 0 Å². The van der Waals surface area contributed by atoms with Crippen LogP contribution in [-0.4, -0.2) is 9.97 Å². The van der Waals surface area contributed by atoms with Gasteiger partial charge in [-0.1, -0.05) is 19.3 Å². The Morgan fingerprint density at radius 1 is 1.15 bits per heavy atom. The van der Waals surface area contributed by atoms with Gasteiger partial charge in [0.15, 0.2) is 4.77 Å². The van der Waals surface area contributed by atoms with E-state index in [4.69, 9.17) is 12.2 Å².